The van der Waals surface area contributed by atoms with Crippen molar-refractivity contribution in [2.45, 2.75) is 18.3 Å². The predicted molar refractivity (Wildman–Crippen MR) is 124 cm³/mol. The summed E-state index contributed by atoms with van der Waals surface area (Å²) in [6.07, 6.45) is 5.28. The van der Waals surface area contributed by atoms with Gasteiger partial charge in [-0.15, -0.1) is 0 Å². The molecule has 2 bridgehead atoms. The largest absolute Gasteiger partial charge is 0.352 e. The lowest BCUT2D eigenvalue weighted by Gasteiger charge is -2.45. The molecule has 6 rings (SSSR count). The first-order valence-electron chi connectivity index (χ1n) is 10.9. The number of amides is 1. The topological polar surface area (TPSA) is 73.1 Å². The summed E-state index contributed by atoms with van der Waals surface area (Å²) in [4.78, 5) is 36.6. The van der Waals surface area contributed by atoms with Crippen LogP contribution in [0.2, 0.25) is 0 Å². The molecule has 3 aliphatic carbocycles. The molecule has 0 radical (unpaired) electrons. The Morgan fingerprint density at radius 1 is 1.00 bits per heavy atom. The molecule has 162 valence electrons. The van der Waals surface area contributed by atoms with Gasteiger partial charge >= 0.3 is 5.69 Å². The Kier molecular flexibility index (Phi) is 4.93. The smallest absolute Gasteiger partial charge is 0.330 e. The number of aryl methyl sites for hydroxylation is 1. The lowest BCUT2D eigenvalue weighted by molar-refractivity contribution is -0.116. The van der Waals surface area contributed by atoms with Crippen LogP contribution in [0, 0.1) is 5.92 Å². The van der Waals surface area contributed by atoms with Crippen LogP contribution in [0.25, 0.3) is 6.08 Å². The van der Waals surface area contributed by atoms with Gasteiger partial charge in [0.2, 0.25) is 5.91 Å². The summed E-state index contributed by atoms with van der Waals surface area (Å²) in [6, 6.07) is 17.3. The van der Waals surface area contributed by atoms with Crippen molar-refractivity contribution in [2.75, 3.05) is 6.54 Å². The van der Waals surface area contributed by atoms with Gasteiger partial charge in [-0.25, -0.2) is 4.79 Å². The minimum atomic E-state index is -0.421. The minimum Gasteiger partial charge on any atom is -0.352 e. The average molecular weight is 428 g/mol. The number of aromatic nitrogens is 2. The molecule has 1 heterocycles. The van der Waals surface area contributed by atoms with E-state index >= 15 is 0 Å². The van der Waals surface area contributed by atoms with Gasteiger partial charge in [0.05, 0.1) is 5.56 Å². The molecule has 1 aromatic heterocycles. The number of hydrogen-bond acceptors (Lipinski definition) is 3. The van der Waals surface area contributed by atoms with E-state index < -0.39 is 11.2 Å². The summed E-state index contributed by atoms with van der Waals surface area (Å²) in [7, 11) is 3.00. The predicted octanol–water partition coefficient (Wildman–Crippen LogP) is 2.51. The zero-order chi connectivity index (χ0) is 22.4. The third kappa shape index (κ3) is 3.23. The second-order valence-electron chi connectivity index (χ2n) is 8.70. The van der Waals surface area contributed by atoms with Gasteiger partial charge in [0.25, 0.3) is 5.56 Å². The first-order valence-corrected chi connectivity index (χ1v) is 10.9. The average Bonchev–Trinajstić information content (AvgIpc) is 2.83. The van der Waals surface area contributed by atoms with E-state index in [4.69, 9.17) is 0 Å². The van der Waals surface area contributed by atoms with E-state index in [-0.39, 0.29) is 11.8 Å². The number of carbonyl (C=O) groups is 1. The normalized spacial score (nSPS) is 20.8. The van der Waals surface area contributed by atoms with Crippen LogP contribution in [-0.4, -0.2) is 21.6 Å². The second kappa shape index (κ2) is 7.79. The molecule has 3 aliphatic rings. The van der Waals surface area contributed by atoms with Crippen molar-refractivity contribution in [2.24, 2.45) is 20.0 Å². The van der Waals surface area contributed by atoms with E-state index in [0.29, 0.717) is 23.9 Å². The molecular formula is C26H25N3O3. The first kappa shape index (κ1) is 20.2. The number of fused-ring (bicyclic) bond motifs is 1. The van der Waals surface area contributed by atoms with Crippen molar-refractivity contribution >= 4 is 12.0 Å². The van der Waals surface area contributed by atoms with Gasteiger partial charge in [0, 0.05) is 44.7 Å². The number of rotatable bonds is 4. The maximum Gasteiger partial charge on any atom is 0.330 e. The molecule has 6 heteroatoms. The third-order valence-electron chi connectivity index (χ3n) is 6.85. The highest BCUT2D eigenvalue weighted by Crippen LogP contribution is 2.55. The van der Waals surface area contributed by atoms with Crippen molar-refractivity contribution < 1.29 is 4.79 Å². The summed E-state index contributed by atoms with van der Waals surface area (Å²) >= 11 is 0. The molecular weight excluding hydrogens is 402 g/mol. The van der Waals surface area contributed by atoms with Crippen LogP contribution in [0.15, 0.2) is 70.4 Å². The quantitative estimate of drug-likeness (QED) is 0.651. The van der Waals surface area contributed by atoms with E-state index in [2.05, 4.69) is 53.8 Å². The first-order chi connectivity index (χ1) is 15.5. The van der Waals surface area contributed by atoms with Crippen molar-refractivity contribution in [1.82, 2.24) is 14.5 Å². The lowest BCUT2D eigenvalue weighted by Crippen LogP contribution is -2.39. The SMILES string of the molecule is Cn1cc(/C=C/C(=O)NCC2CC3c4ccccc4C2c2ccccc23)c(=O)n(C)c1=O. The fourth-order valence-corrected chi connectivity index (χ4v) is 5.37. The molecule has 3 aromatic rings. The van der Waals surface area contributed by atoms with Crippen molar-refractivity contribution in [3.63, 3.8) is 0 Å². The van der Waals surface area contributed by atoms with Crippen molar-refractivity contribution in [1.29, 1.82) is 0 Å². The third-order valence-corrected chi connectivity index (χ3v) is 6.85. The summed E-state index contributed by atoms with van der Waals surface area (Å²) in [6.45, 7) is 0.568. The number of carbonyl (C=O) groups excluding carboxylic acids is 1. The van der Waals surface area contributed by atoms with Crippen molar-refractivity contribution in [3.05, 3.63) is 109 Å². The fraction of sp³-hybridized carbons (Fsp3) is 0.269. The molecule has 0 aliphatic heterocycles. The Hall–Kier alpha value is -3.67. The van der Waals surface area contributed by atoms with Gasteiger partial charge in [0.1, 0.15) is 0 Å². The van der Waals surface area contributed by atoms with Gasteiger partial charge in [-0.2, -0.15) is 0 Å². The summed E-state index contributed by atoms with van der Waals surface area (Å²) in [5, 5.41) is 3.03. The molecule has 32 heavy (non-hydrogen) atoms. The number of hydrogen-bond donors (Lipinski definition) is 1. The summed E-state index contributed by atoms with van der Waals surface area (Å²) in [5.74, 6) is 0.697. The van der Waals surface area contributed by atoms with Gasteiger partial charge in [-0.05, 0) is 40.7 Å². The van der Waals surface area contributed by atoms with Crippen LogP contribution in [0.4, 0.5) is 0 Å². The molecule has 0 spiro atoms. The van der Waals surface area contributed by atoms with Gasteiger partial charge in [0.15, 0.2) is 0 Å². The monoisotopic (exact) mass is 427 g/mol. The molecule has 1 N–H and O–H groups in total. The Labute approximate surface area is 185 Å². The molecule has 0 saturated heterocycles. The standard InChI is InChI=1S/C26H25N3O3/c1-28-15-16(25(31)29(2)26(28)32)11-12-23(30)27-14-17-13-22-18-7-3-5-9-20(18)24(17)21-10-6-4-8-19(21)22/h3-12,15,17,22,24H,13-14H2,1-2H3,(H,27,30)/b12-11+. The van der Waals surface area contributed by atoms with Crippen LogP contribution >= 0.6 is 0 Å². The van der Waals surface area contributed by atoms with Crippen LogP contribution < -0.4 is 16.6 Å². The van der Waals surface area contributed by atoms with Gasteiger partial charge in [-0.1, -0.05) is 48.5 Å². The minimum absolute atomic E-state index is 0.246. The van der Waals surface area contributed by atoms with Crippen LogP contribution in [-0.2, 0) is 18.9 Å². The Bertz CT molecular complexity index is 1320. The second-order valence-corrected chi connectivity index (χ2v) is 8.70. The van der Waals surface area contributed by atoms with Gasteiger partial charge in [-0.3, -0.25) is 14.2 Å². The van der Waals surface area contributed by atoms with Crippen molar-refractivity contribution in [3.8, 4) is 0 Å². The van der Waals surface area contributed by atoms with E-state index in [1.165, 1.54) is 52.2 Å². The zero-order valence-electron chi connectivity index (χ0n) is 18.1. The summed E-state index contributed by atoms with van der Waals surface area (Å²) < 4.78 is 2.36. The summed E-state index contributed by atoms with van der Waals surface area (Å²) in [5.41, 5.74) is 5.02. The molecule has 0 fully saturated rings. The van der Waals surface area contributed by atoms with Crippen LogP contribution in [0.3, 0.4) is 0 Å². The molecule has 0 saturated carbocycles. The number of nitrogens with one attached hydrogen (secondary N) is 1. The lowest BCUT2D eigenvalue weighted by atomic mass is 9.59. The zero-order valence-corrected chi connectivity index (χ0v) is 18.1. The highest BCUT2D eigenvalue weighted by Gasteiger charge is 2.42. The maximum absolute atomic E-state index is 12.5. The van der Waals surface area contributed by atoms with E-state index in [9.17, 15) is 14.4 Å². The van der Waals surface area contributed by atoms with E-state index in [1.54, 1.807) is 7.05 Å². The Morgan fingerprint density at radius 3 is 2.22 bits per heavy atom. The van der Waals surface area contributed by atoms with Gasteiger partial charge < -0.3 is 9.88 Å². The Morgan fingerprint density at radius 2 is 1.59 bits per heavy atom. The number of benzene rings is 2. The number of nitrogens with zero attached hydrogens (tertiary/aromatic N) is 2. The molecule has 2 aromatic carbocycles. The van der Waals surface area contributed by atoms with Crippen LogP contribution in [0.1, 0.15) is 46.1 Å². The van der Waals surface area contributed by atoms with E-state index in [1.807, 2.05) is 0 Å². The molecule has 1 amide bonds. The maximum atomic E-state index is 12.5. The van der Waals surface area contributed by atoms with E-state index in [0.717, 1.165) is 11.0 Å². The molecule has 6 nitrogen and oxygen atoms in total. The highest BCUT2D eigenvalue weighted by atomic mass is 16.2. The fourth-order valence-electron chi connectivity index (χ4n) is 5.37. The molecule has 1 unspecified atom stereocenters. The highest BCUT2D eigenvalue weighted by molar-refractivity contribution is 5.91. The Balaban J connectivity index is 1.34. The van der Waals surface area contributed by atoms with Crippen LogP contribution in [0.5, 0.6) is 0 Å². The molecule has 1 atom stereocenters.